The van der Waals surface area contributed by atoms with E-state index in [2.05, 4.69) is 25.9 Å². The molecule has 31 heavy (non-hydrogen) atoms. The number of anilines is 2. The van der Waals surface area contributed by atoms with Gasteiger partial charge in [0.2, 0.25) is 0 Å². The van der Waals surface area contributed by atoms with Crippen LogP contribution in [-0.4, -0.2) is 40.9 Å². The van der Waals surface area contributed by atoms with Crippen LogP contribution in [0.4, 0.5) is 20.2 Å². The molecule has 2 aromatic carbocycles. The lowest BCUT2D eigenvalue weighted by molar-refractivity contribution is 0.0933. The van der Waals surface area contributed by atoms with Crippen LogP contribution in [0.5, 0.6) is 0 Å². The van der Waals surface area contributed by atoms with Crippen molar-refractivity contribution in [2.45, 2.75) is 0 Å². The Morgan fingerprint density at radius 2 is 1.61 bits per heavy atom. The van der Waals surface area contributed by atoms with E-state index in [1.54, 1.807) is 0 Å². The molecule has 0 spiro atoms. The van der Waals surface area contributed by atoms with Crippen LogP contribution < -0.4 is 16.0 Å². The quantitative estimate of drug-likeness (QED) is 0.444. The number of aromatic amines is 1. The minimum atomic E-state index is -0.738. The topological polar surface area (TPSA) is 116 Å². The van der Waals surface area contributed by atoms with Crippen LogP contribution in [0.3, 0.4) is 0 Å². The van der Waals surface area contributed by atoms with E-state index in [0.29, 0.717) is 11.4 Å². The third-order valence-electron chi connectivity index (χ3n) is 4.04. The second-order valence-corrected chi connectivity index (χ2v) is 6.59. The van der Waals surface area contributed by atoms with Crippen LogP contribution in [0, 0.1) is 5.82 Å². The first-order valence-corrected chi connectivity index (χ1v) is 9.32. The van der Waals surface area contributed by atoms with Gasteiger partial charge in [-0.3, -0.25) is 14.4 Å². The number of alkyl halides is 1. The van der Waals surface area contributed by atoms with Crippen LogP contribution in [-0.2, 0) is 0 Å². The zero-order valence-electron chi connectivity index (χ0n) is 15.8. The molecule has 0 aliphatic carbocycles. The van der Waals surface area contributed by atoms with Crippen molar-refractivity contribution < 1.29 is 23.2 Å². The van der Waals surface area contributed by atoms with E-state index in [0.717, 1.165) is 12.1 Å². The molecule has 1 heterocycles. The van der Waals surface area contributed by atoms with Crippen molar-refractivity contribution in [2.24, 2.45) is 0 Å². The Morgan fingerprint density at radius 1 is 0.968 bits per heavy atom. The van der Waals surface area contributed by atoms with Crippen LogP contribution in [0.15, 0.2) is 48.8 Å². The van der Waals surface area contributed by atoms with Crippen molar-refractivity contribution in [3.63, 3.8) is 0 Å². The van der Waals surface area contributed by atoms with Crippen LogP contribution in [0.2, 0.25) is 5.02 Å². The molecular weight excluding hydrogens is 432 g/mol. The number of hydrogen-bond acceptors (Lipinski definition) is 4. The van der Waals surface area contributed by atoms with Crippen molar-refractivity contribution in [1.82, 2.24) is 15.3 Å². The summed E-state index contributed by atoms with van der Waals surface area (Å²) in [6, 6.07) is 9.54. The third-order valence-corrected chi connectivity index (χ3v) is 4.35. The summed E-state index contributed by atoms with van der Waals surface area (Å²) in [5.41, 5.74) is 0.652. The van der Waals surface area contributed by atoms with Gasteiger partial charge in [0.25, 0.3) is 17.7 Å². The van der Waals surface area contributed by atoms with E-state index < -0.39 is 30.2 Å². The number of nitrogens with one attached hydrogen (secondary N) is 4. The molecular formula is C20H16ClF2N5O3. The van der Waals surface area contributed by atoms with Crippen molar-refractivity contribution in [1.29, 1.82) is 0 Å². The van der Waals surface area contributed by atoms with E-state index in [-0.39, 0.29) is 28.5 Å². The number of amides is 3. The number of carbonyl (C=O) groups excluding carboxylic acids is 3. The van der Waals surface area contributed by atoms with Gasteiger partial charge in [-0.05, 0) is 42.5 Å². The first-order chi connectivity index (χ1) is 14.9. The predicted molar refractivity (Wildman–Crippen MR) is 111 cm³/mol. The van der Waals surface area contributed by atoms with Gasteiger partial charge in [0.1, 0.15) is 18.2 Å². The van der Waals surface area contributed by atoms with Gasteiger partial charge >= 0.3 is 0 Å². The van der Waals surface area contributed by atoms with Gasteiger partial charge in [0.05, 0.1) is 16.9 Å². The Balaban J connectivity index is 1.65. The smallest absolute Gasteiger partial charge is 0.276 e. The third kappa shape index (κ3) is 5.43. The Morgan fingerprint density at radius 3 is 2.23 bits per heavy atom. The summed E-state index contributed by atoms with van der Waals surface area (Å²) in [7, 11) is 0. The summed E-state index contributed by atoms with van der Waals surface area (Å²) in [6.07, 6.45) is 1.18. The van der Waals surface area contributed by atoms with Gasteiger partial charge in [0, 0.05) is 17.9 Å². The van der Waals surface area contributed by atoms with Crippen molar-refractivity contribution >= 4 is 40.7 Å². The number of H-pyrrole nitrogens is 1. The normalized spacial score (nSPS) is 10.4. The van der Waals surface area contributed by atoms with E-state index in [1.165, 1.54) is 36.7 Å². The maximum atomic E-state index is 13.1. The lowest BCUT2D eigenvalue weighted by Gasteiger charge is -2.09. The zero-order chi connectivity index (χ0) is 22.4. The highest BCUT2D eigenvalue weighted by Crippen LogP contribution is 2.20. The highest BCUT2D eigenvalue weighted by atomic mass is 35.5. The van der Waals surface area contributed by atoms with Gasteiger partial charge in [0.15, 0.2) is 5.69 Å². The summed E-state index contributed by atoms with van der Waals surface area (Å²) in [4.78, 5) is 43.0. The molecule has 1 aromatic heterocycles. The highest BCUT2D eigenvalue weighted by molar-refractivity contribution is 6.34. The number of rotatable bonds is 7. The lowest BCUT2D eigenvalue weighted by Crippen LogP contribution is -2.28. The number of carbonyl (C=O) groups is 3. The largest absolute Gasteiger partial charge is 0.348 e. The molecule has 0 atom stereocenters. The van der Waals surface area contributed by atoms with Gasteiger partial charge in [-0.15, -0.1) is 0 Å². The predicted octanol–water partition coefficient (Wildman–Crippen LogP) is 3.41. The van der Waals surface area contributed by atoms with Crippen LogP contribution in [0.1, 0.15) is 31.3 Å². The van der Waals surface area contributed by atoms with Gasteiger partial charge in [-0.2, -0.15) is 0 Å². The Bertz CT molecular complexity index is 1120. The monoisotopic (exact) mass is 447 g/mol. The van der Waals surface area contributed by atoms with Gasteiger partial charge in [-0.1, -0.05) is 11.6 Å². The summed E-state index contributed by atoms with van der Waals surface area (Å²) in [6.45, 7) is -0.924. The molecule has 3 amide bonds. The Kier molecular flexibility index (Phi) is 6.93. The fraction of sp³-hybridized carbons (Fsp3) is 0.100. The first kappa shape index (κ1) is 21.9. The average molecular weight is 448 g/mol. The molecule has 0 aliphatic heterocycles. The SMILES string of the molecule is O=C(Nc1ccc(NC(=O)c2nc[nH]c2C(=O)NCCF)cc1)c1ccc(F)cc1Cl. The standard InChI is InChI=1S/C20H16ClF2N5O3/c21-15-9-11(23)1-6-14(15)18(29)27-12-2-4-13(5-3-12)28-20(31)17-16(25-10-26-17)19(30)24-8-7-22/h1-6,9-10H,7-8H2,(H,24,30)(H,25,26)(H,27,29)(H,28,31). The fourth-order valence-electron chi connectivity index (χ4n) is 2.59. The molecule has 3 aromatic rings. The molecule has 3 rings (SSSR count). The van der Waals surface area contributed by atoms with Crippen LogP contribution in [0.25, 0.3) is 0 Å². The van der Waals surface area contributed by atoms with Crippen molar-refractivity contribution in [3.05, 3.63) is 76.6 Å². The van der Waals surface area contributed by atoms with Gasteiger partial charge < -0.3 is 20.9 Å². The van der Waals surface area contributed by atoms with Crippen LogP contribution >= 0.6 is 11.6 Å². The average Bonchev–Trinajstić information content (AvgIpc) is 3.23. The van der Waals surface area contributed by atoms with Crippen molar-refractivity contribution in [3.8, 4) is 0 Å². The molecule has 4 N–H and O–H groups in total. The number of imidazole rings is 1. The molecule has 0 bridgehead atoms. The second-order valence-electron chi connectivity index (χ2n) is 6.18. The zero-order valence-corrected chi connectivity index (χ0v) is 16.6. The lowest BCUT2D eigenvalue weighted by atomic mass is 10.2. The minimum absolute atomic E-state index is 0.0215. The van der Waals surface area contributed by atoms with Gasteiger partial charge in [-0.25, -0.2) is 13.8 Å². The Hall–Kier alpha value is -3.79. The molecule has 8 nitrogen and oxygen atoms in total. The summed E-state index contributed by atoms with van der Waals surface area (Å²) >= 11 is 5.88. The molecule has 0 aliphatic rings. The number of hydrogen-bond donors (Lipinski definition) is 4. The molecule has 160 valence electrons. The first-order valence-electron chi connectivity index (χ1n) is 8.94. The summed E-state index contributed by atoms with van der Waals surface area (Å²) in [5.74, 6) is -2.39. The highest BCUT2D eigenvalue weighted by Gasteiger charge is 2.20. The van der Waals surface area contributed by atoms with E-state index in [9.17, 15) is 23.2 Å². The molecule has 0 fully saturated rings. The second kappa shape index (κ2) is 9.81. The number of benzene rings is 2. The summed E-state index contributed by atoms with van der Waals surface area (Å²) < 4.78 is 25.3. The maximum Gasteiger partial charge on any atom is 0.276 e. The molecule has 0 saturated heterocycles. The minimum Gasteiger partial charge on any atom is -0.348 e. The molecule has 0 radical (unpaired) electrons. The van der Waals surface area contributed by atoms with E-state index >= 15 is 0 Å². The molecule has 0 saturated carbocycles. The number of halogens is 3. The van der Waals surface area contributed by atoms with E-state index in [1.807, 2.05) is 0 Å². The Labute approximate surface area is 180 Å². The fourth-order valence-corrected chi connectivity index (χ4v) is 2.84. The van der Waals surface area contributed by atoms with E-state index in [4.69, 9.17) is 11.6 Å². The molecule has 11 heteroatoms. The number of aromatic nitrogens is 2. The summed E-state index contributed by atoms with van der Waals surface area (Å²) in [5, 5.41) is 7.47. The molecule has 0 unspecified atom stereocenters. The maximum absolute atomic E-state index is 13.1. The van der Waals surface area contributed by atoms with Crippen molar-refractivity contribution in [2.75, 3.05) is 23.9 Å². The number of nitrogens with zero attached hydrogens (tertiary/aromatic N) is 1.